The fourth-order valence-corrected chi connectivity index (χ4v) is 8.53. The van der Waals surface area contributed by atoms with E-state index < -0.39 is 5.54 Å². The minimum Gasteiger partial charge on any atom is -0.358 e. The summed E-state index contributed by atoms with van der Waals surface area (Å²) >= 11 is 0. The van der Waals surface area contributed by atoms with E-state index in [-0.39, 0.29) is 23.2 Å². The second-order valence-corrected chi connectivity index (χ2v) is 12.5. The number of carbonyl (C=O) groups is 1. The Labute approximate surface area is 250 Å². The van der Waals surface area contributed by atoms with Gasteiger partial charge in [0.1, 0.15) is 0 Å². The minimum atomic E-state index is -0.566. The third kappa shape index (κ3) is 3.96. The standard InChI is InChI=1S/C40H39NO/c1-29(2)41-36-24-14-13-23-35(36)39(25-15-6-16-26-39)40(41)28-33(30-17-7-3-8-18-30)27-34(31-19-9-4-10-20-31)37(40)38(42)32-21-11-5-12-22-32/h3-5,7-14,17-24,27-29,37H,6,15-16,25-26H2,1-2H3/t37-,40-/m0/s1. The van der Waals surface area contributed by atoms with E-state index in [4.69, 9.17) is 0 Å². The first-order valence-electron chi connectivity index (χ1n) is 15.6. The van der Waals surface area contributed by atoms with Crippen molar-refractivity contribution in [1.29, 1.82) is 0 Å². The van der Waals surface area contributed by atoms with Crippen LogP contribution in [0.15, 0.2) is 127 Å². The molecule has 2 heteroatoms. The molecule has 3 aliphatic rings. The summed E-state index contributed by atoms with van der Waals surface area (Å²) in [6.07, 6.45) is 10.6. The Morgan fingerprint density at radius 1 is 0.714 bits per heavy atom. The lowest BCUT2D eigenvalue weighted by molar-refractivity contribution is 0.0829. The van der Waals surface area contributed by atoms with Crippen LogP contribution in [-0.2, 0) is 5.41 Å². The van der Waals surface area contributed by atoms with Crippen molar-refractivity contribution in [2.24, 2.45) is 5.92 Å². The molecule has 42 heavy (non-hydrogen) atoms. The van der Waals surface area contributed by atoms with Gasteiger partial charge in [0.2, 0.25) is 0 Å². The number of hydrogen-bond donors (Lipinski definition) is 0. The first-order chi connectivity index (χ1) is 20.6. The summed E-state index contributed by atoms with van der Waals surface area (Å²) in [5.41, 5.74) is 7.38. The minimum absolute atomic E-state index is 0.185. The van der Waals surface area contributed by atoms with Crippen LogP contribution in [0.25, 0.3) is 11.1 Å². The van der Waals surface area contributed by atoms with E-state index in [9.17, 15) is 0 Å². The van der Waals surface area contributed by atoms with E-state index >= 15 is 4.79 Å². The molecule has 2 nitrogen and oxygen atoms in total. The van der Waals surface area contributed by atoms with Gasteiger partial charge in [0.15, 0.2) is 5.78 Å². The third-order valence-corrected chi connectivity index (χ3v) is 10.0. The molecule has 1 aliphatic heterocycles. The van der Waals surface area contributed by atoms with Gasteiger partial charge < -0.3 is 4.90 Å². The summed E-state index contributed by atoms with van der Waals surface area (Å²) in [6.45, 7) is 4.61. The van der Waals surface area contributed by atoms with Gasteiger partial charge in [0.05, 0.1) is 11.5 Å². The van der Waals surface area contributed by atoms with Gasteiger partial charge in [0.25, 0.3) is 0 Å². The molecule has 210 valence electrons. The van der Waals surface area contributed by atoms with Crippen LogP contribution in [-0.4, -0.2) is 17.4 Å². The first kappa shape index (κ1) is 26.7. The smallest absolute Gasteiger partial charge is 0.173 e. The number of nitrogens with zero attached hydrogens (tertiary/aromatic N) is 1. The van der Waals surface area contributed by atoms with E-state index in [0.717, 1.165) is 29.5 Å². The number of carbonyl (C=O) groups excluding carboxylic acids is 1. The second kappa shape index (κ2) is 10.6. The van der Waals surface area contributed by atoms with Crippen LogP contribution in [0.5, 0.6) is 0 Å². The molecule has 2 aliphatic carbocycles. The number of rotatable bonds is 5. The van der Waals surface area contributed by atoms with Crippen molar-refractivity contribution in [3.8, 4) is 0 Å². The largest absolute Gasteiger partial charge is 0.358 e. The van der Waals surface area contributed by atoms with Crippen molar-refractivity contribution >= 4 is 22.6 Å². The lowest BCUT2D eigenvalue weighted by Gasteiger charge is -2.57. The van der Waals surface area contributed by atoms with Gasteiger partial charge in [-0.05, 0) is 72.7 Å². The Morgan fingerprint density at radius 3 is 1.93 bits per heavy atom. The molecule has 0 saturated heterocycles. The lowest BCUT2D eigenvalue weighted by atomic mass is 9.51. The van der Waals surface area contributed by atoms with E-state index in [2.05, 4.69) is 116 Å². The number of ketones is 1. The van der Waals surface area contributed by atoms with Crippen molar-refractivity contribution in [2.45, 2.75) is 62.9 Å². The van der Waals surface area contributed by atoms with E-state index in [1.807, 2.05) is 30.3 Å². The van der Waals surface area contributed by atoms with Crippen molar-refractivity contribution < 1.29 is 4.79 Å². The molecular weight excluding hydrogens is 510 g/mol. The number of allylic oxidation sites excluding steroid dienone is 2. The zero-order valence-electron chi connectivity index (χ0n) is 24.7. The average molecular weight is 550 g/mol. The molecular formula is C40H39NO. The molecule has 4 aromatic rings. The number of Topliss-reactive ketones (excluding diaryl/α,β-unsaturated/α-hetero) is 1. The molecule has 0 amide bonds. The maximum atomic E-state index is 15.2. The predicted molar refractivity (Wildman–Crippen MR) is 175 cm³/mol. The molecule has 2 atom stereocenters. The van der Waals surface area contributed by atoms with Crippen molar-refractivity contribution in [1.82, 2.24) is 0 Å². The number of anilines is 1. The molecule has 1 saturated carbocycles. The highest BCUT2D eigenvalue weighted by Crippen LogP contribution is 2.65. The molecule has 1 heterocycles. The van der Waals surface area contributed by atoms with Crippen LogP contribution in [0.4, 0.5) is 5.69 Å². The van der Waals surface area contributed by atoms with Crippen LogP contribution in [0, 0.1) is 5.92 Å². The van der Waals surface area contributed by atoms with Crippen molar-refractivity contribution in [3.05, 3.63) is 150 Å². The maximum Gasteiger partial charge on any atom is 0.173 e. The number of hydrogen-bond acceptors (Lipinski definition) is 2. The van der Waals surface area contributed by atoms with E-state index in [1.54, 1.807) is 0 Å². The van der Waals surface area contributed by atoms with Gasteiger partial charge in [-0.15, -0.1) is 0 Å². The van der Waals surface area contributed by atoms with Gasteiger partial charge in [-0.1, -0.05) is 128 Å². The highest BCUT2D eigenvalue weighted by molar-refractivity contribution is 6.10. The number of fused-ring (bicyclic) bond motifs is 3. The fraction of sp³-hybridized carbons (Fsp3) is 0.275. The summed E-state index contributed by atoms with van der Waals surface area (Å²) in [5.74, 6) is -0.167. The predicted octanol–water partition coefficient (Wildman–Crippen LogP) is 9.54. The highest BCUT2D eigenvalue weighted by atomic mass is 16.1. The molecule has 2 spiro atoms. The molecule has 0 unspecified atom stereocenters. The Morgan fingerprint density at radius 2 is 1.29 bits per heavy atom. The monoisotopic (exact) mass is 549 g/mol. The molecule has 0 N–H and O–H groups in total. The zero-order chi connectivity index (χ0) is 28.7. The number of benzene rings is 4. The van der Waals surface area contributed by atoms with Crippen LogP contribution in [0.2, 0.25) is 0 Å². The third-order valence-electron chi connectivity index (χ3n) is 10.0. The Bertz CT molecular complexity index is 1640. The normalized spacial score (nSPS) is 22.6. The van der Waals surface area contributed by atoms with Gasteiger partial charge >= 0.3 is 0 Å². The molecule has 0 bridgehead atoms. The Hall–Kier alpha value is -4.17. The van der Waals surface area contributed by atoms with Gasteiger partial charge in [-0.25, -0.2) is 0 Å². The van der Waals surface area contributed by atoms with Gasteiger partial charge in [-0.3, -0.25) is 4.79 Å². The first-order valence-corrected chi connectivity index (χ1v) is 15.6. The quantitative estimate of drug-likeness (QED) is 0.231. The molecule has 0 aromatic heterocycles. The summed E-state index contributed by atoms with van der Waals surface area (Å²) in [5, 5.41) is 0. The van der Waals surface area contributed by atoms with Crippen LogP contribution in [0.3, 0.4) is 0 Å². The van der Waals surface area contributed by atoms with Crippen molar-refractivity contribution in [2.75, 3.05) is 4.90 Å². The van der Waals surface area contributed by atoms with Crippen molar-refractivity contribution in [3.63, 3.8) is 0 Å². The van der Waals surface area contributed by atoms with Gasteiger partial charge in [0, 0.05) is 22.7 Å². The summed E-state index contributed by atoms with van der Waals surface area (Å²) in [7, 11) is 0. The second-order valence-electron chi connectivity index (χ2n) is 12.5. The summed E-state index contributed by atoms with van der Waals surface area (Å²) < 4.78 is 0. The van der Waals surface area contributed by atoms with Crippen LogP contribution in [0.1, 0.15) is 73.0 Å². The summed E-state index contributed by atoms with van der Waals surface area (Å²) in [4.78, 5) is 17.9. The SMILES string of the molecule is CC(C)N1c2ccccc2C2(CCCCC2)[C@@]12C=C(c1ccccc1)C=C(c1ccccc1)[C@H]2C(=O)c1ccccc1. The Kier molecular flexibility index (Phi) is 6.73. The van der Waals surface area contributed by atoms with E-state index in [0.29, 0.717) is 0 Å². The molecule has 4 aromatic carbocycles. The molecule has 0 radical (unpaired) electrons. The lowest BCUT2D eigenvalue weighted by Crippen LogP contribution is -2.66. The topological polar surface area (TPSA) is 20.3 Å². The average Bonchev–Trinajstić information content (AvgIpc) is 3.27. The highest BCUT2D eigenvalue weighted by Gasteiger charge is 2.67. The zero-order valence-corrected chi connectivity index (χ0v) is 24.7. The van der Waals surface area contributed by atoms with Crippen LogP contribution < -0.4 is 4.90 Å². The van der Waals surface area contributed by atoms with Crippen LogP contribution >= 0.6 is 0 Å². The summed E-state index contributed by atoms with van der Waals surface area (Å²) in [6, 6.07) is 40.7. The Balaban J connectivity index is 1.61. The molecule has 1 fully saturated rings. The maximum absolute atomic E-state index is 15.2. The number of para-hydroxylation sites is 1. The van der Waals surface area contributed by atoms with Gasteiger partial charge in [-0.2, -0.15) is 0 Å². The molecule has 7 rings (SSSR count). The fourth-order valence-electron chi connectivity index (χ4n) is 8.53. The van der Waals surface area contributed by atoms with E-state index in [1.165, 1.54) is 41.6 Å².